The van der Waals surface area contributed by atoms with Crippen molar-refractivity contribution in [3.63, 3.8) is 0 Å². The van der Waals surface area contributed by atoms with Gasteiger partial charge in [-0.25, -0.2) is 4.98 Å². The third kappa shape index (κ3) is 4.23. The number of rotatable bonds is 7. The van der Waals surface area contributed by atoms with E-state index >= 15 is 0 Å². The standard InChI is InChI=1S/C16H23N5/c1-3-14-15(4-2)20-21-16(19-14)18-11-10-13(17)12-8-6-5-7-9-12/h5-9,13H,3-4,10-11,17H2,1-2H3,(H,18,19,21). The van der Waals surface area contributed by atoms with Crippen molar-refractivity contribution < 1.29 is 0 Å². The van der Waals surface area contributed by atoms with E-state index in [1.165, 1.54) is 0 Å². The first-order valence-corrected chi connectivity index (χ1v) is 7.51. The molecule has 0 spiro atoms. The normalized spacial score (nSPS) is 12.1. The molecule has 2 aromatic rings. The Morgan fingerprint density at radius 1 is 1.05 bits per heavy atom. The van der Waals surface area contributed by atoms with Gasteiger partial charge in [-0.3, -0.25) is 0 Å². The van der Waals surface area contributed by atoms with Crippen LogP contribution in [0.25, 0.3) is 0 Å². The van der Waals surface area contributed by atoms with Crippen molar-refractivity contribution >= 4 is 5.95 Å². The van der Waals surface area contributed by atoms with Crippen LogP contribution < -0.4 is 11.1 Å². The predicted octanol–water partition coefficient (Wildman–Crippen LogP) is 2.50. The minimum absolute atomic E-state index is 0.0206. The Bertz CT molecular complexity index is 556. The average Bonchev–Trinajstić information content (AvgIpc) is 2.55. The molecule has 0 amide bonds. The molecule has 0 aliphatic heterocycles. The number of anilines is 1. The van der Waals surface area contributed by atoms with Gasteiger partial charge in [0.05, 0.1) is 11.4 Å². The maximum atomic E-state index is 6.16. The number of nitrogens with zero attached hydrogens (tertiary/aromatic N) is 3. The molecule has 2 rings (SSSR count). The van der Waals surface area contributed by atoms with Gasteiger partial charge in [-0.1, -0.05) is 44.2 Å². The van der Waals surface area contributed by atoms with Gasteiger partial charge < -0.3 is 11.1 Å². The van der Waals surface area contributed by atoms with Crippen molar-refractivity contribution in [2.75, 3.05) is 11.9 Å². The van der Waals surface area contributed by atoms with Crippen molar-refractivity contribution in [1.29, 1.82) is 0 Å². The number of hydrogen-bond acceptors (Lipinski definition) is 5. The topological polar surface area (TPSA) is 76.7 Å². The molecular weight excluding hydrogens is 262 g/mol. The van der Waals surface area contributed by atoms with Crippen molar-refractivity contribution in [3.8, 4) is 0 Å². The van der Waals surface area contributed by atoms with Crippen LogP contribution in [0.15, 0.2) is 30.3 Å². The third-order valence-electron chi connectivity index (χ3n) is 3.48. The summed E-state index contributed by atoms with van der Waals surface area (Å²) in [5.74, 6) is 0.587. The molecule has 0 aliphatic carbocycles. The van der Waals surface area contributed by atoms with E-state index in [2.05, 4.69) is 34.3 Å². The van der Waals surface area contributed by atoms with Crippen molar-refractivity contribution in [2.45, 2.75) is 39.2 Å². The Balaban J connectivity index is 1.89. The SMILES string of the molecule is CCc1nnc(NCCC(N)c2ccccc2)nc1CC. The Hall–Kier alpha value is -2.01. The van der Waals surface area contributed by atoms with Crippen LogP contribution in [0.2, 0.25) is 0 Å². The fraction of sp³-hybridized carbons (Fsp3) is 0.438. The number of benzene rings is 1. The Morgan fingerprint density at radius 3 is 2.43 bits per heavy atom. The molecule has 0 saturated heterocycles. The summed E-state index contributed by atoms with van der Waals surface area (Å²) in [7, 11) is 0. The lowest BCUT2D eigenvalue weighted by Gasteiger charge is -2.13. The first kappa shape index (κ1) is 15.4. The highest BCUT2D eigenvalue weighted by Gasteiger charge is 2.08. The highest BCUT2D eigenvalue weighted by Crippen LogP contribution is 2.13. The van der Waals surface area contributed by atoms with Crippen LogP contribution in [0, 0.1) is 0 Å². The zero-order valence-corrected chi connectivity index (χ0v) is 12.7. The van der Waals surface area contributed by atoms with Crippen molar-refractivity contribution in [3.05, 3.63) is 47.3 Å². The van der Waals surface area contributed by atoms with Gasteiger partial charge >= 0.3 is 0 Å². The molecule has 1 aromatic heterocycles. The minimum Gasteiger partial charge on any atom is -0.353 e. The van der Waals surface area contributed by atoms with E-state index in [9.17, 15) is 0 Å². The van der Waals surface area contributed by atoms with Crippen molar-refractivity contribution in [1.82, 2.24) is 15.2 Å². The summed E-state index contributed by atoms with van der Waals surface area (Å²) < 4.78 is 0. The van der Waals surface area contributed by atoms with Crippen LogP contribution in [-0.4, -0.2) is 21.7 Å². The van der Waals surface area contributed by atoms with E-state index < -0.39 is 0 Å². The second kappa shape index (κ2) is 7.69. The molecule has 0 radical (unpaired) electrons. The Kier molecular flexibility index (Phi) is 5.63. The first-order chi connectivity index (χ1) is 10.2. The number of aryl methyl sites for hydroxylation is 2. The van der Waals surface area contributed by atoms with Crippen LogP contribution in [-0.2, 0) is 12.8 Å². The van der Waals surface area contributed by atoms with Gasteiger partial charge in [-0.15, -0.1) is 5.10 Å². The van der Waals surface area contributed by atoms with Gasteiger partial charge in [0.25, 0.3) is 0 Å². The highest BCUT2D eigenvalue weighted by atomic mass is 15.2. The Labute approximate surface area is 126 Å². The maximum Gasteiger partial charge on any atom is 0.242 e. The summed E-state index contributed by atoms with van der Waals surface area (Å²) in [4.78, 5) is 4.51. The second-order valence-corrected chi connectivity index (χ2v) is 4.97. The summed E-state index contributed by atoms with van der Waals surface area (Å²) in [6.45, 7) is 4.88. The molecule has 0 fully saturated rings. The van der Waals surface area contributed by atoms with Crippen LogP contribution in [0.3, 0.4) is 0 Å². The molecule has 1 aromatic carbocycles. The number of hydrogen-bond donors (Lipinski definition) is 2. The van der Waals surface area contributed by atoms with Crippen LogP contribution >= 0.6 is 0 Å². The zero-order chi connectivity index (χ0) is 15.1. The molecule has 1 atom stereocenters. The van der Waals surface area contributed by atoms with Gasteiger partial charge in [0.2, 0.25) is 5.95 Å². The molecule has 5 heteroatoms. The molecule has 5 nitrogen and oxygen atoms in total. The van der Waals surface area contributed by atoms with E-state index in [-0.39, 0.29) is 6.04 Å². The van der Waals surface area contributed by atoms with E-state index in [0.717, 1.165) is 42.8 Å². The molecule has 0 bridgehead atoms. The highest BCUT2D eigenvalue weighted by molar-refractivity contribution is 5.26. The molecule has 3 N–H and O–H groups in total. The molecule has 112 valence electrons. The van der Waals surface area contributed by atoms with Gasteiger partial charge in [0.15, 0.2) is 0 Å². The quantitative estimate of drug-likeness (QED) is 0.817. The monoisotopic (exact) mass is 285 g/mol. The van der Waals surface area contributed by atoms with Crippen LogP contribution in [0.1, 0.15) is 43.3 Å². The van der Waals surface area contributed by atoms with Gasteiger partial charge in [0, 0.05) is 12.6 Å². The maximum absolute atomic E-state index is 6.16. The van der Waals surface area contributed by atoms with E-state index in [4.69, 9.17) is 5.73 Å². The molecule has 0 aliphatic rings. The molecule has 0 saturated carbocycles. The fourth-order valence-electron chi connectivity index (χ4n) is 2.22. The molecule has 21 heavy (non-hydrogen) atoms. The van der Waals surface area contributed by atoms with E-state index in [0.29, 0.717) is 5.95 Å². The number of nitrogens with two attached hydrogens (primary N) is 1. The van der Waals surface area contributed by atoms with Crippen LogP contribution in [0.4, 0.5) is 5.95 Å². The van der Waals surface area contributed by atoms with Gasteiger partial charge in [0.1, 0.15) is 0 Å². The van der Waals surface area contributed by atoms with Crippen molar-refractivity contribution in [2.24, 2.45) is 5.73 Å². The lowest BCUT2D eigenvalue weighted by Crippen LogP contribution is -2.17. The molecule has 1 heterocycles. The first-order valence-electron chi connectivity index (χ1n) is 7.51. The summed E-state index contributed by atoms with van der Waals surface area (Å²) in [5, 5.41) is 11.5. The predicted molar refractivity (Wildman–Crippen MR) is 85.1 cm³/mol. The lowest BCUT2D eigenvalue weighted by molar-refractivity contribution is 0.670. The smallest absolute Gasteiger partial charge is 0.242 e. The largest absolute Gasteiger partial charge is 0.353 e. The van der Waals surface area contributed by atoms with Gasteiger partial charge in [-0.05, 0) is 24.8 Å². The summed E-state index contributed by atoms with van der Waals surface area (Å²) in [5.41, 5.74) is 9.30. The second-order valence-electron chi connectivity index (χ2n) is 4.97. The van der Waals surface area contributed by atoms with Gasteiger partial charge in [-0.2, -0.15) is 5.10 Å². The summed E-state index contributed by atoms with van der Waals surface area (Å²) in [6, 6.07) is 10.1. The van der Waals surface area contributed by atoms with E-state index in [1.807, 2.05) is 30.3 Å². The number of aromatic nitrogens is 3. The number of nitrogens with one attached hydrogen (secondary N) is 1. The average molecular weight is 285 g/mol. The zero-order valence-electron chi connectivity index (χ0n) is 12.7. The third-order valence-corrected chi connectivity index (χ3v) is 3.48. The molecular formula is C16H23N5. The Morgan fingerprint density at radius 2 is 1.76 bits per heavy atom. The summed E-state index contributed by atoms with van der Waals surface area (Å²) >= 11 is 0. The minimum atomic E-state index is 0.0206. The summed E-state index contributed by atoms with van der Waals surface area (Å²) in [6.07, 6.45) is 2.56. The fourth-order valence-corrected chi connectivity index (χ4v) is 2.22. The molecule has 1 unspecified atom stereocenters. The lowest BCUT2D eigenvalue weighted by atomic mass is 10.1. The van der Waals surface area contributed by atoms with Crippen LogP contribution in [0.5, 0.6) is 0 Å². The van der Waals surface area contributed by atoms with E-state index in [1.54, 1.807) is 0 Å².